The standard InChI is InChI=1S/C15H23NO3/c1-11-8-15(19-5)13(9-14(11)18-4)10-16(3)7-6-12(2)17/h8-9H,6-7,10H2,1-5H3. The minimum atomic E-state index is 0.209. The average Bonchev–Trinajstić information content (AvgIpc) is 2.37. The summed E-state index contributed by atoms with van der Waals surface area (Å²) in [4.78, 5) is 13.1. The second-order valence-corrected chi connectivity index (χ2v) is 4.82. The Morgan fingerprint density at radius 1 is 1.21 bits per heavy atom. The molecule has 106 valence electrons. The maximum absolute atomic E-state index is 11.0. The highest BCUT2D eigenvalue weighted by molar-refractivity contribution is 5.75. The van der Waals surface area contributed by atoms with Gasteiger partial charge in [0.1, 0.15) is 17.3 Å². The fraction of sp³-hybridized carbons (Fsp3) is 0.533. The lowest BCUT2D eigenvalue weighted by Gasteiger charge is -2.19. The van der Waals surface area contributed by atoms with E-state index in [1.165, 1.54) is 0 Å². The van der Waals surface area contributed by atoms with Crippen LogP contribution in [0.4, 0.5) is 0 Å². The molecule has 1 rings (SSSR count). The summed E-state index contributed by atoms with van der Waals surface area (Å²) in [5.41, 5.74) is 2.12. The van der Waals surface area contributed by atoms with E-state index in [0.29, 0.717) is 6.42 Å². The van der Waals surface area contributed by atoms with Crippen molar-refractivity contribution in [1.82, 2.24) is 4.90 Å². The molecule has 0 spiro atoms. The zero-order chi connectivity index (χ0) is 14.4. The molecular weight excluding hydrogens is 242 g/mol. The van der Waals surface area contributed by atoms with Gasteiger partial charge in [0.05, 0.1) is 14.2 Å². The van der Waals surface area contributed by atoms with Crippen LogP contribution in [0.1, 0.15) is 24.5 Å². The summed E-state index contributed by atoms with van der Waals surface area (Å²) in [5, 5.41) is 0. The van der Waals surface area contributed by atoms with Gasteiger partial charge >= 0.3 is 0 Å². The fourth-order valence-electron chi connectivity index (χ4n) is 1.96. The largest absolute Gasteiger partial charge is 0.496 e. The van der Waals surface area contributed by atoms with Crippen LogP contribution in [-0.2, 0) is 11.3 Å². The molecule has 0 saturated heterocycles. The monoisotopic (exact) mass is 265 g/mol. The Hall–Kier alpha value is -1.55. The number of ether oxygens (including phenoxy) is 2. The molecule has 1 aromatic rings. The number of Topliss-reactive ketones (excluding diaryl/α,β-unsaturated/α-hetero) is 1. The van der Waals surface area contributed by atoms with Gasteiger partial charge in [0.25, 0.3) is 0 Å². The molecule has 0 bridgehead atoms. The number of nitrogens with zero attached hydrogens (tertiary/aromatic N) is 1. The number of carbonyl (C=O) groups is 1. The Labute approximate surface area is 115 Å². The van der Waals surface area contributed by atoms with E-state index in [-0.39, 0.29) is 5.78 Å². The van der Waals surface area contributed by atoms with E-state index in [2.05, 4.69) is 4.90 Å². The zero-order valence-electron chi connectivity index (χ0n) is 12.4. The van der Waals surface area contributed by atoms with Crippen LogP contribution in [0.5, 0.6) is 11.5 Å². The van der Waals surface area contributed by atoms with Gasteiger partial charge in [0.15, 0.2) is 0 Å². The van der Waals surface area contributed by atoms with Gasteiger partial charge in [-0.3, -0.25) is 4.79 Å². The number of benzene rings is 1. The van der Waals surface area contributed by atoms with Gasteiger partial charge in [-0.25, -0.2) is 0 Å². The normalized spacial score (nSPS) is 10.6. The molecule has 0 unspecified atom stereocenters. The molecule has 19 heavy (non-hydrogen) atoms. The van der Waals surface area contributed by atoms with Crippen molar-refractivity contribution in [3.05, 3.63) is 23.3 Å². The third-order valence-corrected chi connectivity index (χ3v) is 3.08. The molecule has 0 radical (unpaired) electrons. The number of hydrogen-bond acceptors (Lipinski definition) is 4. The first-order valence-electron chi connectivity index (χ1n) is 6.37. The highest BCUT2D eigenvalue weighted by Gasteiger charge is 2.11. The van der Waals surface area contributed by atoms with Crippen LogP contribution in [-0.4, -0.2) is 38.5 Å². The summed E-state index contributed by atoms with van der Waals surface area (Å²) in [6.07, 6.45) is 0.571. The van der Waals surface area contributed by atoms with Crippen molar-refractivity contribution in [1.29, 1.82) is 0 Å². The molecule has 4 nitrogen and oxygen atoms in total. The highest BCUT2D eigenvalue weighted by Crippen LogP contribution is 2.28. The van der Waals surface area contributed by atoms with Crippen molar-refractivity contribution in [3.8, 4) is 11.5 Å². The molecule has 0 amide bonds. The molecule has 0 fully saturated rings. The van der Waals surface area contributed by atoms with Crippen LogP contribution in [0.2, 0.25) is 0 Å². The van der Waals surface area contributed by atoms with Gasteiger partial charge in [0, 0.05) is 25.1 Å². The molecule has 1 aromatic carbocycles. The van der Waals surface area contributed by atoms with E-state index in [0.717, 1.165) is 35.7 Å². The lowest BCUT2D eigenvalue weighted by molar-refractivity contribution is -0.117. The maximum atomic E-state index is 11.0. The van der Waals surface area contributed by atoms with Gasteiger partial charge in [-0.1, -0.05) is 0 Å². The molecule has 4 heteroatoms. The van der Waals surface area contributed by atoms with E-state index in [1.807, 2.05) is 26.1 Å². The van der Waals surface area contributed by atoms with Crippen LogP contribution in [0, 0.1) is 6.92 Å². The lowest BCUT2D eigenvalue weighted by atomic mass is 10.1. The summed E-state index contributed by atoms with van der Waals surface area (Å²) >= 11 is 0. The predicted octanol–water partition coefficient (Wildman–Crippen LogP) is 2.42. The summed E-state index contributed by atoms with van der Waals surface area (Å²) < 4.78 is 10.7. The smallest absolute Gasteiger partial charge is 0.131 e. The number of carbonyl (C=O) groups excluding carboxylic acids is 1. The number of ketones is 1. The Kier molecular flexibility index (Phi) is 5.83. The number of methoxy groups -OCH3 is 2. The number of rotatable bonds is 7. The summed E-state index contributed by atoms with van der Waals surface area (Å²) in [6.45, 7) is 5.08. The van der Waals surface area contributed by atoms with E-state index in [9.17, 15) is 4.79 Å². The molecule has 0 aliphatic rings. The van der Waals surface area contributed by atoms with E-state index < -0.39 is 0 Å². The first-order chi connectivity index (χ1) is 8.97. The van der Waals surface area contributed by atoms with Crippen molar-refractivity contribution in [2.45, 2.75) is 26.8 Å². The first kappa shape index (κ1) is 15.5. The Morgan fingerprint density at radius 3 is 2.37 bits per heavy atom. The quantitative estimate of drug-likeness (QED) is 0.759. The maximum Gasteiger partial charge on any atom is 0.131 e. The molecule has 0 heterocycles. The van der Waals surface area contributed by atoms with Gasteiger partial charge in [-0.15, -0.1) is 0 Å². The van der Waals surface area contributed by atoms with Crippen molar-refractivity contribution in [2.75, 3.05) is 27.8 Å². The summed E-state index contributed by atoms with van der Waals surface area (Å²) in [7, 11) is 5.33. The van der Waals surface area contributed by atoms with E-state index in [1.54, 1.807) is 21.1 Å². The van der Waals surface area contributed by atoms with Crippen molar-refractivity contribution < 1.29 is 14.3 Å². The zero-order valence-corrected chi connectivity index (χ0v) is 12.4. The minimum absolute atomic E-state index is 0.209. The van der Waals surface area contributed by atoms with Gasteiger partial charge in [-0.05, 0) is 38.6 Å². The molecule has 0 atom stereocenters. The van der Waals surface area contributed by atoms with Gasteiger partial charge in [-0.2, -0.15) is 0 Å². The molecule has 0 aliphatic carbocycles. The van der Waals surface area contributed by atoms with Crippen LogP contribution < -0.4 is 9.47 Å². The SMILES string of the molecule is COc1cc(CN(C)CCC(C)=O)c(OC)cc1C. The topological polar surface area (TPSA) is 38.8 Å². The number of aryl methyl sites for hydroxylation is 1. The Bertz CT molecular complexity index is 443. The minimum Gasteiger partial charge on any atom is -0.496 e. The van der Waals surface area contributed by atoms with Crippen LogP contribution >= 0.6 is 0 Å². The summed E-state index contributed by atoms with van der Waals surface area (Å²) in [6, 6.07) is 3.98. The van der Waals surface area contributed by atoms with Crippen LogP contribution in [0.15, 0.2) is 12.1 Å². The van der Waals surface area contributed by atoms with Crippen molar-refractivity contribution >= 4 is 5.78 Å². The van der Waals surface area contributed by atoms with Crippen molar-refractivity contribution in [3.63, 3.8) is 0 Å². The van der Waals surface area contributed by atoms with E-state index >= 15 is 0 Å². The van der Waals surface area contributed by atoms with E-state index in [4.69, 9.17) is 9.47 Å². The van der Waals surface area contributed by atoms with Crippen LogP contribution in [0.3, 0.4) is 0 Å². The molecule has 0 N–H and O–H groups in total. The third-order valence-electron chi connectivity index (χ3n) is 3.08. The Morgan fingerprint density at radius 2 is 1.84 bits per heavy atom. The second-order valence-electron chi connectivity index (χ2n) is 4.82. The fourth-order valence-corrected chi connectivity index (χ4v) is 1.96. The molecule has 0 aromatic heterocycles. The molecular formula is C15H23NO3. The van der Waals surface area contributed by atoms with Crippen LogP contribution in [0.25, 0.3) is 0 Å². The number of hydrogen-bond donors (Lipinski definition) is 0. The average molecular weight is 265 g/mol. The lowest BCUT2D eigenvalue weighted by Crippen LogP contribution is -2.21. The van der Waals surface area contributed by atoms with Gasteiger partial charge in [0.2, 0.25) is 0 Å². The third kappa shape index (κ3) is 4.56. The predicted molar refractivity (Wildman–Crippen MR) is 75.9 cm³/mol. The Balaban J connectivity index is 2.83. The van der Waals surface area contributed by atoms with Gasteiger partial charge < -0.3 is 14.4 Å². The highest BCUT2D eigenvalue weighted by atomic mass is 16.5. The summed E-state index contributed by atoms with van der Waals surface area (Å²) in [5.74, 6) is 1.92. The first-order valence-corrected chi connectivity index (χ1v) is 6.37. The molecule has 0 aliphatic heterocycles. The molecule has 0 saturated carbocycles. The van der Waals surface area contributed by atoms with Crippen molar-refractivity contribution in [2.24, 2.45) is 0 Å². The second kappa shape index (κ2) is 7.14.